The van der Waals surface area contributed by atoms with E-state index in [1.54, 1.807) is 19.1 Å². The summed E-state index contributed by atoms with van der Waals surface area (Å²) in [5.74, 6) is -0.932. The van der Waals surface area contributed by atoms with Gasteiger partial charge >= 0.3 is 5.63 Å². The normalized spacial score (nSPS) is 12.3. The molecule has 0 spiro atoms. The molecular weight excluding hydrogens is 260 g/mol. The van der Waals surface area contributed by atoms with Crippen molar-refractivity contribution in [3.05, 3.63) is 39.7 Å². The van der Waals surface area contributed by atoms with Crippen molar-refractivity contribution < 1.29 is 19.1 Å². The van der Waals surface area contributed by atoms with Crippen LogP contribution in [0.1, 0.15) is 25.0 Å². The second-order valence-electron chi connectivity index (χ2n) is 4.59. The van der Waals surface area contributed by atoms with Gasteiger partial charge in [0.25, 0.3) is 0 Å². The number of carboxylic acid groups (broad SMARTS) is 1. The van der Waals surface area contributed by atoms with Crippen molar-refractivity contribution in [1.82, 2.24) is 0 Å². The Kier molecular flexibility index (Phi) is 3.79. The fourth-order valence-electron chi connectivity index (χ4n) is 2.07. The standard InChI is InChI=1S/C15H16O5/c1-4-10-7-13(16)20-14-8(2)12(6-5-11(10)14)19-9(3)15(17)18/h5-7,9H,4H2,1-3H3,(H,17,18)/p-1/t9-/m1/s1. The Labute approximate surface area is 115 Å². The molecular formula is C15H15O5-. The van der Waals surface area contributed by atoms with Crippen molar-refractivity contribution in [1.29, 1.82) is 0 Å². The molecule has 106 valence electrons. The number of aliphatic carboxylic acids is 1. The van der Waals surface area contributed by atoms with Gasteiger partial charge in [-0.15, -0.1) is 0 Å². The van der Waals surface area contributed by atoms with Gasteiger partial charge in [0.2, 0.25) is 0 Å². The quantitative estimate of drug-likeness (QED) is 0.783. The highest BCUT2D eigenvalue weighted by molar-refractivity contribution is 5.85. The summed E-state index contributed by atoms with van der Waals surface area (Å²) in [6.45, 7) is 5.06. The molecule has 2 aromatic rings. The SMILES string of the molecule is CCc1cc(=O)oc2c(C)c(O[C@H](C)C(=O)[O-])ccc12. The lowest BCUT2D eigenvalue weighted by molar-refractivity contribution is -0.312. The number of carbonyl (C=O) groups excluding carboxylic acids is 1. The third-order valence-electron chi connectivity index (χ3n) is 3.21. The van der Waals surface area contributed by atoms with E-state index in [1.165, 1.54) is 13.0 Å². The van der Waals surface area contributed by atoms with E-state index in [9.17, 15) is 14.7 Å². The van der Waals surface area contributed by atoms with Crippen LogP contribution in [0.15, 0.2) is 27.4 Å². The van der Waals surface area contributed by atoms with E-state index >= 15 is 0 Å². The number of ether oxygens (including phenoxy) is 1. The molecule has 0 aliphatic carbocycles. The number of aryl methyl sites for hydroxylation is 2. The van der Waals surface area contributed by atoms with Gasteiger partial charge < -0.3 is 19.1 Å². The topological polar surface area (TPSA) is 79.6 Å². The average molecular weight is 275 g/mol. The molecule has 1 atom stereocenters. The summed E-state index contributed by atoms with van der Waals surface area (Å²) >= 11 is 0. The van der Waals surface area contributed by atoms with E-state index in [0.29, 0.717) is 23.3 Å². The zero-order chi connectivity index (χ0) is 14.9. The van der Waals surface area contributed by atoms with Crippen molar-refractivity contribution in [3.8, 4) is 5.75 Å². The van der Waals surface area contributed by atoms with E-state index in [-0.39, 0.29) is 0 Å². The van der Waals surface area contributed by atoms with Crippen molar-refractivity contribution in [3.63, 3.8) is 0 Å². The molecule has 0 amide bonds. The Balaban J connectivity index is 2.59. The molecule has 0 fully saturated rings. The summed E-state index contributed by atoms with van der Waals surface area (Å²) in [6, 6.07) is 4.91. The molecule has 1 heterocycles. The summed E-state index contributed by atoms with van der Waals surface area (Å²) in [5, 5.41) is 11.6. The first-order valence-electron chi connectivity index (χ1n) is 6.38. The smallest absolute Gasteiger partial charge is 0.336 e. The third kappa shape index (κ3) is 2.52. The van der Waals surface area contributed by atoms with Crippen molar-refractivity contribution >= 4 is 16.9 Å². The third-order valence-corrected chi connectivity index (χ3v) is 3.21. The molecule has 5 heteroatoms. The van der Waals surface area contributed by atoms with Crippen LogP contribution in [-0.4, -0.2) is 12.1 Å². The predicted octanol–water partition coefficient (Wildman–Crippen LogP) is 1.18. The second kappa shape index (κ2) is 5.36. The highest BCUT2D eigenvalue weighted by Gasteiger charge is 2.13. The van der Waals surface area contributed by atoms with E-state index in [0.717, 1.165) is 10.9 Å². The molecule has 0 aliphatic rings. The minimum atomic E-state index is -1.30. The summed E-state index contributed by atoms with van der Waals surface area (Å²) in [6.07, 6.45) is -0.371. The van der Waals surface area contributed by atoms with E-state index in [1.807, 2.05) is 6.92 Å². The first-order valence-corrected chi connectivity index (χ1v) is 6.38. The van der Waals surface area contributed by atoms with E-state index < -0.39 is 17.7 Å². The van der Waals surface area contributed by atoms with Gasteiger partial charge in [0.05, 0.1) is 5.97 Å². The lowest BCUT2D eigenvalue weighted by Gasteiger charge is -2.17. The highest BCUT2D eigenvalue weighted by atomic mass is 16.5. The minimum Gasteiger partial charge on any atom is -0.546 e. The van der Waals surface area contributed by atoms with Gasteiger partial charge in [-0.2, -0.15) is 0 Å². The number of hydrogen-bond acceptors (Lipinski definition) is 5. The number of fused-ring (bicyclic) bond motifs is 1. The molecule has 0 aliphatic heterocycles. The summed E-state index contributed by atoms with van der Waals surface area (Å²) in [7, 11) is 0. The van der Waals surface area contributed by atoms with E-state index in [2.05, 4.69) is 0 Å². The Hall–Kier alpha value is -2.30. The summed E-state index contributed by atoms with van der Waals surface area (Å²) in [4.78, 5) is 22.3. The Bertz CT molecular complexity index is 714. The second-order valence-corrected chi connectivity index (χ2v) is 4.59. The Morgan fingerprint density at radius 1 is 1.45 bits per heavy atom. The van der Waals surface area contributed by atoms with Gasteiger partial charge in [0.15, 0.2) is 0 Å². The molecule has 0 radical (unpaired) electrons. The summed E-state index contributed by atoms with van der Waals surface area (Å²) < 4.78 is 10.5. The van der Waals surface area contributed by atoms with Crippen LogP contribution in [0, 0.1) is 6.92 Å². The van der Waals surface area contributed by atoms with Gasteiger partial charge in [0.1, 0.15) is 17.4 Å². The van der Waals surface area contributed by atoms with Crippen molar-refractivity contribution in [2.75, 3.05) is 0 Å². The maximum atomic E-state index is 11.5. The van der Waals surface area contributed by atoms with Crippen LogP contribution in [-0.2, 0) is 11.2 Å². The van der Waals surface area contributed by atoms with Crippen LogP contribution in [0.5, 0.6) is 5.75 Å². The molecule has 1 aromatic carbocycles. The van der Waals surface area contributed by atoms with Crippen molar-refractivity contribution in [2.45, 2.75) is 33.3 Å². The van der Waals surface area contributed by atoms with Gasteiger partial charge in [-0.05, 0) is 38.0 Å². The summed E-state index contributed by atoms with van der Waals surface area (Å²) in [5.41, 5.74) is 1.49. The molecule has 2 rings (SSSR count). The number of rotatable bonds is 4. The molecule has 0 N–H and O–H groups in total. The first-order chi connectivity index (χ1) is 9.43. The molecule has 20 heavy (non-hydrogen) atoms. The first kappa shape index (κ1) is 14.1. The number of carboxylic acids is 1. The number of carbonyl (C=O) groups is 1. The van der Waals surface area contributed by atoms with Crippen LogP contribution < -0.4 is 15.5 Å². The van der Waals surface area contributed by atoms with Crippen LogP contribution in [0.25, 0.3) is 11.0 Å². The maximum Gasteiger partial charge on any atom is 0.336 e. The number of hydrogen-bond donors (Lipinski definition) is 0. The molecule has 0 saturated carbocycles. The van der Waals surface area contributed by atoms with Crippen LogP contribution >= 0.6 is 0 Å². The van der Waals surface area contributed by atoms with Gasteiger partial charge in [-0.25, -0.2) is 4.79 Å². The molecule has 1 aromatic heterocycles. The zero-order valence-electron chi connectivity index (χ0n) is 11.6. The van der Waals surface area contributed by atoms with Crippen molar-refractivity contribution in [2.24, 2.45) is 0 Å². The maximum absolute atomic E-state index is 11.5. The van der Waals surface area contributed by atoms with Gasteiger partial charge in [0, 0.05) is 17.0 Å². The molecule has 0 bridgehead atoms. The lowest BCUT2D eigenvalue weighted by atomic mass is 10.0. The fourth-order valence-corrected chi connectivity index (χ4v) is 2.07. The average Bonchev–Trinajstić information content (AvgIpc) is 2.41. The van der Waals surface area contributed by atoms with Crippen LogP contribution in [0.4, 0.5) is 0 Å². The molecule has 5 nitrogen and oxygen atoms in total. The Morgan fingerprint density at radius 3 is 2.75 bits per heavy atom. The van der Waals surface area contributed by atoms with Gasteiger partial charge in [-0.1, -0.05) is 6.92 Å². The van der Waals surface area contributed by atoms with Crippen LogP contribution in [0.3, 0.4) is 0 Å². The molecule has 0 saturated heterocycles. The van der Waals surface area contributed by atoms with E-state index in [4.69, 9.17) is 9.15 Å². The predicted molar refractivity (Wildman–Crippen MR) is 71.7 cm³/mol. The monoisotopic (exact) mass is 275 g/mol. The minimum absolute atomic E-state index is 0.366. The lowest BCUT2D eigenvalue weighted by Crippen LogP contribution is -2.37. The largest absolute Gasteiger partial charge is 0.546 e. The number of benzene rings is 1. The molecule has 0 unspecified atom stereocenters. The highest BCUT2D eigenvalue weighted by Crippen LogP contribution is 2.29. The van der Waals surface area contributed by atoms with Crippen LogP contribution in [0.2, 0.25) is 0 Å². The van der Waals surface area contributed by atoms with Gasteiger partial charge in [-0.3, -0.25) is 0 Å². The fraction of sp³-hybridized carbons (Fsp3) is 0.333. The Morgan fingerprint density at radius 2 is 2.15 bits per heavy atom. The zero-order valence-corrected chi connectivity index (χ0v) is 11.6.